The van der Waals surface area contributed by atoms with Crippen molar-refractivity contribution in [2.45, 2.75) is 76.0 Å². The van der Waals surface area contributed by atoms with Crippen molar-refractivity contribution >= 4 is 5.96 Å². The average molecular weight is 415 g/mol. The van der Waals surface area contributed by atoms with Crippen LogP contribution in [0.5, 0.6) is 5.75 Å². The maximum Gasteiger partial charge on any atom is 0.191 e. The van der Waals surface area contributed by atoms with Crippen LogP contribution in [-0.2, 0) is 0 Å². The van der Waals surface area contributed by atoms with Gasteiger partial charge in [0.05, 0.1) is 12.1 Å². The van der Waals surface area contributed by atoms with Gasteiger partial charge in [0, 0.05) is 38.2 Å². The number of aliphatic hydroxyl groups excluding tert-OH is 1. The van der Waals surface area contributed by atoms with Crippen LogP contribution in [0.2, 0.25) is 0 Å². The molecule has 6 nitrogen and oxygen atoms in total. The Morgan fingerprint density at radius 3 is 2.77 bits per heavy atom. The number of para-hydroxylation sites is 1. The van der Waals surface area contributed by atoms with Gasteiger partial charge in [0.2, 0.25) is 0 Å². The van der Waals surface area contributed by atoms with Gasteiger partial charge < -0.3 is 25.4 Å². The van der Waals surface area contributed by atoms with Crippen LogP contribution >= 0.6 is 0 Å². The first kappa shape index (κ1) is 21.4. The first-order valence-electron chi connectivity index (χ1n) is 11.9. The molecule has 6 heteroatoms. The van der Waals surface area contributed by atoms with E-state index in [0.29, 0.717) is 0 Å². The average Bonchev–Trinajstić information content (AvgIpc) is 3.20. The number of nitrogens with zero attached hydrogens (tertiary/aromatic N) is 2. The van der Waals surface area contributed by atoms with Crippen LogP contribution < -0.4 is 15.4 Å². The Hall–Kier alpha value is -1.79. The Kier molecular flexibility index (Phi) is 7.16. The summed E-state index contributed by atoms with van der Waals surface area (Å²) in [6, 6.07) is 8.70. The predicted molar refractivity (Wildman–Crippen MR) is 121 cm³/mol. The van der Waals surface area contributed by atoms with Gasteiger partial charge in [-0.2, -0.15) is 0 Å². The highest BCUT2D eigenvalue weighted by Crippen LogP contribution is 2.46. The molecule has 0 bridgehead atoms. The van der Waals surface area contributed by atoms with E-state index in [1.807, 2.05) is 0 Å². The van der Waals surface area contributed by atoms with Crippen molar-refractivity contribution in [3.05, 3.63) is 29.8 Å². The van der Waals surface area contributed by atoms with E-state index in [0.717, 1.165) is 83.0 Å². The fraction of sp³-hybridized carbons (Fsp3) is 0.708. The summed E-state index contributed by atoms with van der Waals surface area (Å²) in [5.41, 5.74) is 1.23. The van der Waals surface area contributed by atoms with E-state index in [4.69, 9.17) is 9.73 Å². The van der Waals surface area contributed by atoms with E-state index in [1.165, 1.54) is 18.4 Å². The third-order valence-corrected chi connectivity index (χ3v) is 6.83. The number of rotatable bonds is 6. The Bertz CT molecular complexity index is 709. The summed E-state index contributed by atoms with van der Waals surface area (Å²) >= 11 is 0. The standard InChI is InChI=1S/C24H38N4O2/c1-2-25-23(26-14-7-15-28-16-10-19(29)11-17-28)27-21-18-24(12-5-6-13-24)30-22-9-4-3-8-20(21)22/h3-4,8-9,19,21,29H,2,5-7,10-18H2,1H3,(H2,25,26,27). The molecule has 3 aliphatic rings. The highest BCUT2D eigenvalue weighted by atomic mass is 16.5. The van der Waals surface area contributed by atoms with Crippen molar-refractivity contribution in [1.29, 1.82) is 0 Å². The minimum atomic E-state index is -0.102. The van der Waals surface area contributed by atoms with Crippen molar-refractivity contribution in [3.63, 3.8) is 0 Å². The lowest BCUT2D eigenvalue weighted by atomic mass is 9.86. The van der Waals surface area contributed by atoms with Crippen molar-refractivity contribution < 1.29 is 9.84 Å². The van der Waals surface area contributed by atoms with E-state index < -0.39 is 0 Å². The molecule has 0 aromatic heterocycles. The van der Waals surface area contributed by atoms with Gasteiger partial charge in [-0.15, -0.1) is 0 Å². The summed E-state index contributed by atoms with van der Waals surface area (Å²) in [4.78, 5) is 7.32. The quantitative estimate of drug-likeness (QED) is 0.379. The summed E-state index contributed by atoms with van der Waals surface area (Å²) in [5.74, 6) is 1.94. The van der Waals surface area contributed by atoms with Gasteiger partial charge in [-0.25, -0.2) is 0 Å². The number of likely N-dealkylation sites (tertiary alicyclic amines) is 1. The molecule has 2 fully saturated rings. The molecule has 0 radical (unpaired) electrons. The number of nitrogens with one attached hydrogen (secondary N) is 2. The van der Waals surface area contributed by atoms with Crippen molar-refractivity contribution in [2.75, 3.05) is 32.7 Å². The molecular weight excluding hydrogens is 376 g/mol. The molecule has 1 saturated carbocycles. The summed E-state index contributed by atoms with van der Waals surface area (Å²) < 4.78 is 6.50. The highest BCUT2D eigenvalue weighted by Gasteiger charge is 2.43. The van der Waals surface area contributed by atoms with E-state index >= 15 is 0 Å². The van der Waals surface area contributed by atoms with E-state index in [1.54, 1.807) is 0 Å². The summed E-state index contributed by atoms with van der Waals surface area (Å²) in [6.45, 7) is 6.84. The van der Waals surface area contributed by atoms with Gasteiger partial charge in [0.25, 0.3) is 0 Å². The second-order valence-electron chi connectivity index (χ2n) is 9.12. The molecule has 1 spiro atoms. The van der Waals surface area contributed by atoms with Gasteiger partial charge >= 0.3 is 0 Å². The molecule has 4 rings (SSSR count). The summed E-state index contributed by atoms with van der Waals surface area (Å²) in [6.07, 6.45) is 8.57. The molecule has 2 heterocycles. The molecule has 3 N–H and O–H groups in total. The van der Waals surface area contributed by atoms with Crippen LogP contribution in [0.4, 0.5) is 0 Å². The molecule has 1 aromatic carbocycles. The second kappa shape index (κ2) is 10.0. The molecule has 2 aliphatic heterocycles. The highest BCUT2D eigenvalue weighted by molar-refractivity contribution is 5.80. The van der Waals surface area contributed by atoms with Crippen LogP contribution in [0.25, 0.3) is 0 Å². The van der Waals surface area contributed by atoms with Crippen molar-refractivity contribution in [2.24, 2.45) is 4.99 Å². The number of guanidine groups is 1. The minimum absolute atomic E-state index is 0.0117. The zero-order valence-corrected chi connectivity index (χ0v) is 18.4. The van der Waals surface area contributed by atoms with Crippen molar-refractivity contribution in [3.8, 4) is 5.75 Å². The Morgan fingerprint density at radius 1 is 1.23 bits per heavy atom. The number of piperidine rings is 1. The second-order valence-corrected chi connectivity index (χ2v) is 9.12. The summed E-state index contributed by atoms with van der Waals surface area (Å²) in [7, 11) is 0. The number of ether oxygens (including phenoxy) is 1. The molecule has 1 aliphatic carbocycles. The fourth-order valence-electron chi connectivity index (χ4n) is 5.19. The SMILES string of the molecule is CCNC(=NCCCN1CCC(O)CC1)NC1CC2(CCCC2)Oc2ccccc21. The number of fused-ring (bicyclic) bond motifs is 1. The molecule has 30 heavy (non-hydrogen) atoms. The van der Waals surface area contributed by atoms with Gasteiger partial charge in [0.1, 0.15) is 11.4 Å². The molecule has 1 unspecified atom stereocenters. The molecule has 1 atom stereocenters. The van der Waals surface area contributed by atoms with Crippen LogP contribution in [0.15, 0.2) is 29.3 Å². The van der Waals surface area contributed by atoms with E-state index in [-0.39, 0.29) is 17.7 Å². The third kappa shape index (κ3) is 5.27. The predicted octanol–water partition coefficient (Wildman–Crippen LogP) is 3.22. The number of hydrogen-bond acceptors (Lipinski definition) is 4. The topological polar surface area (TPSA) is 69.1 Å². The summed E-state index contributed by atoms with van der Waals surface area (Å²) in [5, 5.41) is 16.8. The fourth-order valence-corrected chi connectivity index (χ4v) is 5.19. The smallest absolute Gasteiger partial charge is 0.191 e. The van der Waals surface area contributed by atoms with Crippen LogP contribution in [0.1, 0.15) is 69.9 Å². The molecule has 1 saturated heterocycles. The lowest BCUT2D eigenvalue weighted by Gasteiger charge is -2.40. The number of benzene rings is 1. The largest absolute Gasteiger partial charge is 0.487 e. The third-order valence-electron chi connectivity index (χ3n) is 6.83. The zero-order valence-electron chi connectivity index (χ0n) is 18.4. The Labute approximate surface area is 181 Å². The number of aliphatic hydroxyl groups is 1. The van der Waals surface area contributed by atoms with E-state index in [2.05, 4.69) is 46.7 Å². The van der Waals surface area contributed by atoms with E-state index in [9.17, 15) is 5.11 Å². The lowest BCUT2D eigenvalue weighted by Crippen LogP contribution is -2.46. The molecule has 0 amide bonds. The van der Waals surface area contributed by atoms with Crippen LogP contribution in [0, 0.1) is 0 Å². The monoisotopic (exact) mass is 414 g/mol. The first-order valence-corrected chi connectivity index (χ1v) is 11.9. The number of aliphatic imine (C=N–C) groups is 1. The van der Waals surface area contributed by atoms with Crippen LogP contribution in [-0.4, -0.2) is 60.4 Å². The molecule has 1 aromatic rings. The van der Waals surface area contributed by atoms with Crippen molar-refractivity contribution in [1.82, 2.24) is 15.5 Å². The first-order chi connectivity index (χ1) is 14.7. The minimum Gasteiger partial charge on any atom is -0.487 e. The van der Waals surface area contributed by atoms with Gasteiger partial charge in [-0.05, 0) is 64.5 Å². The lowest BCUT2D eigenvalue weighted by molar-refractivity contribution is 0.0396. The maximum atomic E-state index is 9.66. The van der Waals surface area contributed by atoms with Gasteiger partial charge in [-0.1, -0.05) is 18.2 Å². The van der Waals surface area contributed by atoms with Gasteiger partial charge in [-0.3, -0.25) is 4.99 Å². The molecule has 166 valence electrons. The molecular formula is C24H38N4O2. The number of hydrogen-bond donors (Lipinski definition) is 3. The van der Waals surface area contributed by atoms with Gasteiger partial charge in [0.15, 0.2) is 5.96 Å². The normalized spacial score (nSPS) is 24.5. The zero-order chi connectivity index (χ0) is 20.8. The Balaban J connectivity index is 1.37. The maximum absolute atomic E-state index is 9.66. The van der Waals surface area contributed by atoms with Crippen LogP contribution in [0.3, 0.4) is 0 Å². The Morgan fingerprint density at radius 2 is 2.00 bits per heavy atom.